The third-order valence-corrected chi connectivity index (χ3v) is 6.36. The van der Waals surface area contributed by atoms with Crippen LogP contribution in [0.4, 0.5) is 11.4 Å². The van der Waals surface area contributed by atoms with Gasteiger partial charge in [0.2, 0.25) is 5.91 Å². The zero-order chi connectivity index (χ0) is 21.8. The summed E-state index contributed by atoms with van der Waals surface area (Å²) in [6.45, 7) is 0.858. The van der Waals surface area contributed by atoms with Crippen LogP contribution in [0.1, 0.15) is 25.1 Å². The van der Waals surface area contributed by atoms with E-state index in [2.05, 4.69) is 20.1 Å². The van der Waals surface area contributed by atoms with E-state index in [1.54, 1.807) is 24.3 Å². The molecule has 1 aliphatic heterocycles. The van der Waals surface area contributed by atoms with Gasteiger partial charge < -0.3 is 9.88 Å². The molecule has 10 heteroatoms. The van der Waals surface area contributed by atoms with Crippen molar-refractivity contribution >= 4 is 40.6 Å². The van der Waals surface area contributed by atoms with Crippen molar-refractivity contribution < 1.29 is 9.72 Å². The number of carbonyl (C=O) groups excluding carboxylic acids is 1. The number of halogens is 1. The number of aryl methyl sites for hydroxylation is 1. The van der Waals surface area contributed by atoms with E-state index in [0.29, 0.717) is 10.7 Å². The highest BCUT2D eigenvalue weighted by Gasteiger charge is 2.18. The number of rotatable bonds is 6. The van der Waals surface area contributed by atoms with E-state index in [1.165, 1.54) is 30.3 Å². The van der Waals surface area contributed by atoms with Crippen LogP contribution in [0.2, 0.25) is 5.02 Å². The first-order valence-corrected chi connectivity index (χ1v) is 11.3. The summed E-state index contributed by atoms with van der Waals surface area (Å²) in [5.41, 5.74) is 1.39. The van der Waals surface area contributed by atoms with E-state index < -0.39 is 4.92 Å². The van der Waals surface area contributed by atoms with Gasteiger partial charge in [-0.25, -0.2) is 0 Å². The first-order valence-electron chi connectivity index (χ1n) is 9.90. The fraction of sp³-hybridized carbons (Fsp3) is 0.286. The summed E-state index contributed by atoms with van der Waals surface area (Å²) in [4.78, 5) is 23.5. The summed E-state index contributed by atoms with van der Waals surface area (Å²) in [6, 6.07) is 11.4. The Balaban J connectivity index is 1.44. The molecule has 31 heavy (non-hydrogen) atoms. The molecule has 0 spiro atoms. The van der Waals surface area contributed by atoms with Crippen LogP contribution in [-0.4, -0.2) is 31.3 Å². The Bertz CT molecular complexity index is 1120. The second-order valence-electron chi connectivity index (χ2n) is 7.18. The molecule has 2 aromatic carbocycles. The van der Waals surface area contributed by atoms with Gasteiger partial charge in [-0.2, -0.15) is 0 Å². The number of benzene rings is 2. The van der Waals surface area contributed by atoms with Crippen molar-refractivity contribution in [3.05, 3.63) is 63.4 Å². The van der Waals surface area contributed by atoms with Crippen LogP contribution >= 0.6 is 23.4 Å². The van der Waals surface area contributed by atoms with E-state index >= 15 is 0 Å². The lowest BCUT2D eigenvalue weighted by atomic mass is 10.1. The molecular weight excluding hydrogens is 438 g/mol. The fourth-order valence-corrected chi connectivity index (χ4v) is 4.37. The number of thioether (sulfide) groups is 1. The molecule has 0 radical (unpaired) electrons. The molecule has 0 saturated carbocycles. The third-order valence-electron chi connectivity index (χ3n) is 5.02. The van der Waals surface area contributed by atoms with Gasteiger partial charge in [-0.15, -0.1) is 22.0 Å². The Morgan fingerprint density at radius 3 is 2.74 bits per heavy atom. The Morgan fingerprint density at radius 2 is 1.97 bits per heavy atom. The normalized spacial score (nSPS) is 13.3. The number of nitro groups is 1. The van der Waals surface area contributed by atoms with E-state index in [1.807, 2.05) is 6.07 Å². The molecule has 160 valence electrons. The number of hydrogen-bond acceptors (Lipinski definition) is 6. The number of nitro benzene ring substituents is 1. The molecule has 0 unspecified atom stereocenters. The molecule has 3 aromatic rings. The molecule has 0 saturated heterocycles. The van der Waals surface area contributed by atoms with Gasteiger partial charge in [0, 0.05) is 41.2 Å². The molecule has 0 bridgehead atoms. The maximum Gasteiger partial charge on any atom is 0.269 e. The molecule has 0 aliphatic carbocycles. The Hall–Kier alpha value is -2.91. The number of nitrogens with zero attached hydrogens (tertiary/aromatic N) is 4. The third kappa shape index (κ3) is 5.05. The number of hydrogen-bond donors (Lipinski definition) is 1. The fourth-order valence-electron chi connectivity index (χ4n) is 3.47. The van der Waals surface area contributed by atoms with Gasteiger partial charge in [0.15, 0.2) is 5.82 Å². The number of nitrogens with one attached hydrogen (secondary N) is 1. The molecule has 1 aliphatic rings. The Labute approximate surface area is 188 Å². The zero-order valence-corrected chi connectivity index (χ0v) is 18.2. The zero-order valence-electron chi connectivity index (χ0n) is 16.6. The number of aromatic nitrogens is 3. The Kier molecular flexibility index (Phi) is 6.53. The van der Waals surface area contributed by atoms with Crippen LogP contribution in [0, 0.1) is 10.1 Å². The number of amides is 1. The molecule has 1 amide bonds. The van der Waals surface area contributed by atoms with Crippen LogP contribution in [0.15, 0.2) is 47.4 Å². The molecule has 8 nitrogen and oxygen atoms in total. The van der Waals surface area contributed by atoms with Crippen LogP contribution in [0.25, 0.3) is 11.4 Å². The summed E-state index contributed by atoms with van der Waals surface area (Å²) in [5.74, 6) is 1.68. The molecule has 0 fully saturated rings. The van der Waals surface area contributed by atoms with Crippen LogP contribution in [0.5, 0.6) is 0 Å². The highest BCUT2D eigenvalue weighted by molar-refractivity contribution is 8.00. The lowest BCUT2D eigenvalue weighted by Crippen LogP contribution is -2.14. The minimum Gasteiger partial charge on any atom is -0.325 e. The van der Waals surface area contributed by atoms with Crippen molar-refractivity contribution in [3.63, 3.8) is 0 Å². The summed E-state index contributed by atoms with van der Waals surface area (Å²) in [5, 5.41) is 22.8. The van der Waals surface area contributed by atoms with Gasteiger partial charge >= 0.3 is 0 Å². The van der Waals surface area contributed by atoms with Crippen molar-refractivity contribution in [2.45, 2.75) is 37.1 Å². The van der Waals surface area contributed by atoms with E-state index in [-0.39, 0.29) is 17.3 Å². The van der Waals surface area contributed by atoms with E-state index in [4.69, 9.17) is 11.6 Å². The monoisotopic (exact) mass is 457 g/mol. The minimum absolute atomic E-state index is 0.0221. The quantitative estimate of drug-likeness (QED) is 0.318. The second-order valence-corrected chi connectivity index (χ2v) is 8.64. The standard InChI is InChI=1S/C21H20ClN5O3S/c22-18-10-5-14(12-17(18)21-25-24-19-4-2-1-3-11-26(19)21)23-20(28)13-31-16-8-6-15(7-9-16)27(29)30/h5-10,12H,1-4,11,13H2,(H,23,28). The average molecular weight is 458 g/mol. The minimum atomic E-state index is -0.451. The largest absolute Gasteiger partial charge is 0.325 e. The van der Waals surface area contributed by atoms with E-state index in [9.17, 15) is 14.9 Å². The van der Waals surface area contributed by atoms with Gasteiger partial charge in [-0.3, -0.25) is 14.9 Å². The van der Waals surface area contributed by atoms with Gasteiger partial charge in [0.05, 0.1) is 15.7 Å². The maximum atomic E-state index is 12.4. The van der Waals surface area contributed by atoms with Crippen LogP contribution in [-0.2, 0) is 17.8 Å². The lowest BCUT2D eigenvalue weighted by Gasteiger charge is -2.11. The topological polar surface area (TPSA) is 103 Å². The van der Waals surface area contributed by atoms with Gasteiger partial charge in [-0.1, -0.05) is 18.0 Å². The first kappa shape index (κ1) is 21.3. The molecule has 4 rings (SSSR count). The van der Waals surface area contributed by atoms with Crippen molar-refractivity contribution in [2.24, 2.45) is 0 Å². The molecule has 1 N–H and O–H groups in total. The number of non-ortho nitro benzene ring substituents is 1. The highest BCUT2D eigenvalue weighted by atomic mass is 35.5. The van der Waals surface area contributed by atoms with Crippen molar-refractivity contribution in [1.82, 2.24) is 14.8 Å². The second kappa shape index (κ2) is 9.49. The molecule has 2 heterocycles. The summed E-state index contributed by atoms with van der Waals surface area (Å²) < 4.78 is 2.12. The number of carbonyl (C=O) groups is 1. The Morgan fingerprint density at radius 1 is 1.16 bits per heavy atom. The summed E-state index contributed by atoms with van der Waals surface area (Å²) in [6.07, 6.45) is 4.25. The van der Waals surface area contributed by atoms with Crippen molar-refractivity contribution in [2.75, 3.05) is 11.1 Å². The molecule has 0 atom stereocenters. The number of fused-ring (bicyclic) bond motifs is 1. The molecular formula is C21H20ClN5O3S. The lowest BCUT2D eigenvalue weighted by molar-refractivity contribution is -0.384. The predicted molar refractivity (Wildman–Crippen MR) is 120 cm³/mol. The highest BCUT2D eigenvalue weighted by Crippen LogP contribution is 2.31. The maximum absolute atomic E-state index is 12.4. The first-order chi connectivity index (χ1) is 15.0. The van der Waals surface area contributed by atoms with Gasteiger partial charge in [0.1, 0.15) is 5.82 Å². The average Bonchev–Trinajstić information content (AvgIpc) is 3.01. The smallest absolute Gasteiger partial charge is 0.269 e. The van der Waals surface area contributed by atoms with Crippen LogP contribution in [0.3, 0.4) is 0 Å². The molecule has 1 aromatic heterocycles. The summed E-state index contributed by atoms with van der Waals surface area (Å²) >= 11 is 7.74. The SMILES string of the molecule is O=C(CSc1ccc([N+](=O)[O-])cc1)Nc1ccc(Cl)c(-c2nnc3n2CCCCC3)c1. The van der Waals surface area contributed by atoms with Crippen molar-refractivity contribution in [1.29, 1.82) is 0 Å². The van der Waals surface area contributed by atoms with Gasteiger partial charge in [-0.05, 0) is 43.2 Å². The number of anilines is 1. The van der Waals surface area contributed by atoms with Crippen LogP contribution < -0.4 is 5.32 Å². The van der Waals surface area contributed by atoms with Gasteiger partial charge in [0.25, 0.3) is 5.69 Å². The predicted octanol–water partition coefficient (Wildman–Crippen LogP) is 4.96. The van der Waals surface area contributed by atoms with Crippen molar-refractivity contribution in [3.8, 4) is 11.4 Å². The summed E-state index contributed by atoms with van der Waals surface area (Å²) in [7, 11) is 0. The van der Waals surface area contributed by atoms with E-state index in [0.717, 1.165) is 47.9 Å².